The van der Waals surface area contributed by atoms with Gasteiger partial charge in [-0.05, 0) is 48.7 Å². The summed E-state index contributed by atoms with van der Waals surface area (Å²) in [7, 11) is 1.27. The molecule has 3 aromatic carbocycles. The van der Waals surface area contributed by atoms with Crippen molar-refractivity contribution < 1.29 is 23.5 Å². The van der Waals surface area contributed by atoms with E-state index in [1.807, 2.05) is 44.2 Å². The Hall–Kier alpha value is -3.87. The highest BCUT2D eigenvalue weighted by Crippen LogP contribution is 2.32. The minimum Gasteiger partial charge on any atom is -0.469 e. The zero-order valence-corrected chi connectivity index (χ0v) is 18.9. The molecule has 0 aliphatic carbocycles. The molecule has 0 spiro atoms. The van der Waals surface area contributed by atoms with E-state index in [-0.39, 0.29) is 24.6 Å². The van der Waals surface area contributed by atoms with Gasteiger partial charge in [0.2, 0.25) is 0 Å². The van der Waals surface area contributed by atoms with E-state index in [0.717, 1.165) is 5.56 Å². The van der Waals surface area contributed by atoms with Crippen LogP contribution in [0.5, 0.6) is 0 Å². The van der Waals surface area contributed by atoms with Crippen molar-refractivity contribution in [2.75, 3.05) is 17.7 Å². The lowest BCUT2D eigenvalue weighted by atomic mass is 9.95. The number of amides is 1. The second-order valence-electron chi connectivity index (χ2n) is 7.77. The average molecular weight is 451 g/mol. The molecule has 2 N–H and O–H groups in total. The van der Waals surface area contributed by atoms with Gasteiger partial charge in [-0.3, -0.25) is 10.1 Å². The fraction of sp³-hybridized carbons (Fsp3) is 0.231. The van der Waals surface area contributed by atoms with Gasteiger partial charge < -0.3 is 14.8 Å². The van der Waals surface area contributed by atoms with Crippen molar-refractivity contribution in [3.8, 4) is 11.1 Å². The first-order valence-corrected chi connectivity index (χ1v) is 10.6. The number of ether oxygens (including phenoxy) is 2. The van der Waals surface area contributed by atoms with Gasteiger partial charge in [0.25, 0.3) is 0 Å². The third kappa shape index (κ3) is 6.55. The summed E-state index contributed by atoms with van der Waals surface area (Å²) in [5.74, 6) is -1.05. The molecule has 3 rings (SSSR count). The van der Waals surface area contributed by atoms with Gasteiger partial charge in [0.05, 0.1) is 19.2 Å². The van der Waals surface area contributed by atoms with Crippen LogP contribution < -0.4 is 10.6 Å². The minimum absolute atomic E-state index is 0.0192. The van der Waals surface area contributed by atoms with Crippen LogP contribution in [0.1, 0.15) is 25.0 Å². The van der Waals surface area contributed by atoms with E-state index in [1.54, 1.807) is 36.4 Å². The van der Waals surface area contributed by atoms with E-state index in [1.165, 1.54) is 7.11 Å². The molecule has 0 aromatic heterocycles. The third-order valence-corrected chi connectivity index (χ3v) is 4.87. The Labute approximate surface area is 192 Å². The van der Waals surface area contributed by atoms with Crippen LogP contribution in [0.2, 0.25) is 0 Å². The zero-order chi connectivity index (χ0) is 23.8. The molecular weight excluding hydrogens is 423 g/mol. The highest BCUT2D eigenvalue weighted by atomic mass is 19.1. The molecule has 0 saturated carbocycles. The van der Waals surface area contributed by atoms with E-state index in [2.05, 4.69) is 10.6 Å². The predicted octanol–water partition coefficient (Wildman–Crippen LogP) is 5.78. The van der Waals surface area contributed by atoms with Gasteiger partial charge in [-0.15, -0.1) is 0 Å². The standard InChI is InChI=1S/C26H27FN2O4/c1-17(2)28-23-13-12-21(22(25(23)27)15-24(30)32-3)19-10-7-11-20(14-19)29-26(31)33-16-18-8-5-4-6-9-18/h4-14,17,28H,15-16H2,1-3H3,(H,29,31). The molecule has 0 fully saturated rings. The molecule has 6 nitrogen and oxygen atoms in total. The molecule has 0 saturated heterocycles. The second-order valence-corrected chi connectivity index (χ2v) is 7.77. The van der Waals surface area contributed by atoms with Gasteiger partial charge in [-0.25, -0.2) is 9.18 Å². The van der Waals surface area contributed by atoms with Crippen LogP contribution in [0, 0.1) is 5.82 Å². The summed E-state index contributed by atoms with van der Waals surface area (Å²) >= 11 is 0. The van der Waals surface area contributed by atoms with Gasteiger partial charge in [0.15, 0.2) is 5.82 Å². The number of benzene rings is 3. The van der Waals surface area contributed by atoms with Crippen molar-refractivity contribution in [2.45, 2.75) is 32.9 Å². The van der Waals surface area contributed by atoms with Gasteiger partial charge in [-0.2, -0.15) is 0 Å². The largest absolute Gasteiger partial charge is 0.469 e. The van der Waals surface area contributed by atoms with Gasteiger partial charge in [0.1, 0.15) is 6.61 Å². The summed E-state index contributed by atoms with van der Waals surface area (Å²) in [6, 6.07) is 19.7. The molecule has 0 unspecified atom stereocenters. The number of esters is 1. The number of methoxy groups -OCH3 is 1. The first kappa shape index (κ1) is 23.8. The highest BCUT2D eigenvalue weighted by molar-refractivity contribution is 5.87. The molecule has 1 amide bonds. The van der Waals surface area contributed by atoms with Crippen molar-refractivity contribution in [3.05, 3.63) is 83.7 Å². The van der Waals surface area contributed by atoms with Gasteiger partial charge >= 0.3 is 12.1 Å². The Bertz CT molecular complexity index is 1120. The first-order chi connectivity index (χ1) is 15.9. The lowest BCUT2D eigenvalue weighted by Crippen LogP contribution is -2.14. The summed E-state index contributed by atoms with van der Waals surface area (Å²) in [5, 5.41) is 5.73. The lowest BCUT2D eigenvalue weighted by molar-refractivity contribution is -0.139. The van der Waals surface area contributed by atoms with Gasteiger partial charge in [-0.1, -0.05) is 48.5 Å². The maximum Gasteiger partial charge on any atom is 0.411 e. The Morgan fingerprint density at radius 1 is 1.00 bits per heavy atom. The molecule has 0 heterocycles. The fourth-order valence-electron chi connectivity index (χ4n) is 3.35. The summed E-state index contributed by atoms with van der Waals surface area (Å²) in [6.07, 6.45) is -0.823. The second kappa shape index (κ2) is 11.1. The molecule has 0 radical (unpaired) electrons. The number of hydrogen-bond donors (Lipinski definition) is 2. The topological polar surface area (TPSA) is 76.7 Å². The fourth-order valence-corrected chi connectivity index (χ4v) is 3.35. The van der Waals surface area contributed by atoms with Crippen LogP contribution in [0.15, 0.2) is 66.7 Å². The molecule has 0 aliphatic rings. The molecular formula is C26H27FN2O4. The van der Waals surface area contributed by atoms with Crippen LogP contribution >= 0.6 is 0 Å². The lowest BCUT2D eigenvalue weighted by Gasteiger charge is -2.17. The van der Waals surface area contributed by atoms with Crippen molar-refractivity contribution >= 4 is 23.4 Å². The van der Waals surface area contributed by atoms with Crippen molar-refractivity contribution in [1.29, 1.82) is 0 Å². The van der Waals surface area contributed by atoms with Crippen molar-refractivity contribution in [1.82, 2.24) is 0 Å². The number of anilines is 2. The Morgan fingerprint density at radius 3 is 2.45 bits per heavy atom. The first-order valence-electron chi connectivity index (χ1n) is 10.6. The number of nitrogens with one attached hydrogen (secondary N) is 2. The summed E-state index contributed by atoms with van der Waals surface area (Å²) in [4.78, 5) is 24.2. The van der Waals surface area contributed by atoms with Gasteiger partial charge in [0, 0.05) is 17.3 Å². The van der Waals surface area contributed by atoms with E-state index >= 15 is 4.39 Å². The van der Waals surface area contributed by atoms with Crippen LogP contribution in [0.4, 0.5) is 20.6 Å². The van der Waals surface area contributed by atoms with Crippen molar-refractivity contribution in [2.24, 2.45) is 0 Å². The molecule has 3 aromatic rings. The minimum atomic E-state index is -0.603. The molecule has 172 valence electrons. The molecule has 0 atom stereocenters. The quantitative estimate of drug-likeness (QED) is 0.426. The summed E-state index contributed by atoms with van der Waals surface area (Å²) in [6.45, 7) is 3.95. The van der Waals surface area contributed by atoms with Crippen LogP contribution in [0.25, 0.3) is 11.1 Å². The normalized spacial score (nSPS) is 10.6. The maximum atomic E-state index is 15.3. The maximum absolute atomic E-state index is 15.3. The Balaban J connectivity index is 1.83. The number of carbonyl (C=O) groups excluding carboxylic acids is 2. The monoisotopic (exact) mass is 450 g/mol. The zero-order valence-electron chi connectivity index (χ0n) is 18.9. The summed E-state index contributed by atoms with van der Waals surface area (Å²) < 4.78 is 25.3. The molecule has 33 heavy (non-hydrogen) atoms. The smallest absolute Gasteiger partial charge is 0.411 e. The number of hydrogen-bond acceptors (Lipinski definition) is 5. The van der Waals surface area contributed by atoms with E-state index in [9.17, 15) is 9.59 Å². The van der Waals surface area contributed by atoms with Crippen LogP contribution in [0.3, 0.4) is 0 Å². The third-order valence-electron chi connectivity index (χ3n) is 4.87. The van der Waals surface area contributed by atoms with E-state index in [4.69, 9.17) is 9.47 Å². The molecule has 0 aliphatic heterocycles. The van der Waals surface area contributed by atoms with Crippen LogP contribution in [-0.2, 0) is 27.3 Å². The summed E-state index contributed by atoms with van der Waals surface area (Å²) in [5.41, 5.74) is 3.07. The Kier molecular flexibility index (Phi) is 8.02. The highest BCUT2D eigenvalue weighted by Gasteiger charge is 2.19. The predicted molar refractivity (Wildman–Crippen MR) is 127 cm³/mol. The van der Waals surface area contributed by atoms with Crippen LogP contribution in [-0.4, -0.2) is 25.2 Å². The number of halogens is 1. The molecule has 0 bridgehead atoms. The molecule has 7 heteroatoms. The number of rotatable bonds is 8. The van der Waals surface area contributed by atoms with E-state index < -0.39 is 17.9 Å². The Morgan fingerprint density at radius 2 is 1.76 bits per heavy atom. The van der Waals surface area contributed by atoms with E-state index in [0.29, 0.717) is 22.5 Å². The average Bonchev–Trinajstić information content (AvgIpc) is 2.81. The SMILES string of the molecule is COC(=O)Cc1c(-c2cccc(NC(=O)OCc3ccccc3)c2)ccc(NC(C)C)c1F. The number of carbonyl (C=O) groups is 2. The van der Waals surface area contributed by atoms with Crippen molar-refractivity contribution in [3.63, 3.8) is 0 Å².